The molecule has 1 saturated heterocycles. The van der Waals surface area contributed by atoms with E-state index in [0.29, 0.717) is 6.54 Å². The smallest absolute Gasteiger partial charge is 0.241 e. The maximum Gasteiger partial charge on any atom is 0.241 e. The van der Waals surface area contributed by atoms with E-state index in [1.165, 1.54) is 0 Å². The van der Waals surface area contributed by atoms with E-state index in [0.717, 1.165) is 0 Å². The Morgan fingerprint density at radius 2 is 2.55 bits per heavy atom. The standard InChI is InChI=1S/C8H9N2O/c1-6-3-7(4-9)8(11-6)5-10-2/h3,6-8H,5H2,1H3/t6-,7?,8+/m0/s1. The van der Waals surface area contributed by atoms with Gasteiger partial charge in [-0.2, -0.15) is 5.26 Å². The van der Waals surface area contributed by atoms with Crippen molar-refractivity contribution < 1.29 is 4.74 Å². The van der Waals surface area contributed by atoms with Crippen molar-refractivity contribution in [1.82, 2.24) is 0 Å². The largest absolute Gasteiger partial charge is 0.366 e. The molecule has 0 aromatic rings. The summed E-state index contributed by atoms with van der Waals surface area (Å²) in [6, 6.07) is 2.11. The predicted molar refractivity (Wildman–Crippen MR) is 39.2 cm³/mol. The van der Waals surface area contributed by atoms with Gasteiger partial charge in [0.2, 0.25) is 6.54 Å². The fraction of sp³-hybridized carbons (Fsp3) is 0.625. The molecular formula is C8H9N2O. The molecule has 0 aromatic heterocycles. The molecule has 1 heterocycles. The van der Waals surface area contributed by atoms with Crippen LogP contribution in [0.2, 0.25) is 0 Å². The molecule has 0 N–H and O–H groups in total. The van der Waals surface area contributed by atoms with E-state index in [2.05, 4.69) is 10.9 Å². The molecule has 1 unspecified atom stereocenters. The van der Waals surface area contributed by atoms with Gasteiger partial charge >= 0.3 is 0 Å². The number of nitrogens with zero attached hydrogens (tertiary/aromatic N) is 2. The van der Waals surface area contributed by atoms with Crippen molar-refractivity contribution in [3.8, 4) is 6.07 Å². The first-order valence-corrected chi connectivity index (χ1v) is 3.51. The Balaban J connectivity index is 2.53. The summed E-state index contributed by atoms with van der Waals surface area (Å²) >= 11 is 0. The average Bonchev–Trinajstić information content (AvgIpc) is 2.32. The van der Waals surface area contributed by atoms with Gasteiger partial charge in [-0.1, -0.05) is 0 Å². The summed E-state index contributed by atoms with van der Waals surface area (Å²) in [6.07, 6.45) is 1.66. The fourth-order valence-corrected chi connectivity index (χ4v) is 1.19. The SMILES string of the molecule is [C-]#[N+]C[C@H]1O[C@@H](C)[CH]C1C#N. The lowest BCUT2D eigenvalue weighted by molar-refractivity contribution is 0.0639. The third-order valence-corrected chi connectivity index (χ3v) is 1.69. The van der Waals surface area contributed by atoms with E-state index >= 15 is 0 Å². The zero-order valence-electron chi connectivity index (χ0n) is 6.32. The highest BCUT2D eigenvalue weighted by Crippen LogP contribution is 2.24. The summed E-state index contributed by atoms with van der Waals surface area (Å²) in [7, 11) is 0. The third kappa shape index (κ3) is 1.69. The highest BCUT2D eigenvalue weighted by molar-refractivity contribution is 5.07. The van der Waals surface area contributed by atoms with Gasteiger partial charge in [-0.25, -0.2) is 6.57 Å². The molecule has 0 saturated carbocycles. The molecule has 57 valence electrons. The fourth-order valence-electron chi connectivity index (χ4n) is 1.19. The van der Waals surface area contributed by atoms with Crippen molar-refractivity contribution in [1.29, 1.82) is 5.26 Å². The topological polar surface area (TPSA) is 37.4 Å². The summed E-state index contributed by atoms with van der Waals surface area (Å²) in [4.78, 5) is 3.20. The van der Waals surface area contributed by atoms with Gasteiger partial charge < -0.3 is 9.58 Å². The maximum atomic E-state index is 8.62. The van der Waals surface area contributed by atoms with Crippen LogP contribution in [0.15, 0.2) is 0 Å². The van der Waals surface area contributed by atoms with Crippen LogP contribution < -0.4 is 0 Å². The number of rotatable bonds is 1. The van der Waals surface area contributed by atoms with Crippen LogP contribution >= 0.6 is 0 Å². The van der Waals surface area contributed by atoms with Crippen LogP contribution in [0.5, 0.6) is 0 Å². The van der Waals surface area contributed by atoms with Crippen molar-refractivity contribution in [2.24, 2.45) is 5.92 Å². The number of nitriles is 1. The number of hydrogen-bond donors (Lipinski definition) is 0. The van der Waals surface area contributed by atoms with E-state index < -0.39 is 0 Å². The molecule has 1 rings (SSSR count). The van der Waals surface area contributed by atoms with Crippen LogP contribution in [0, 0.1) is 30.2 Å². The normalized spacial score (nSPS) is 36.1. The Morgan fingerprint density at radius 1 is 1.82 bits per heavy atom. The Labute approximate surface area is 66.4 Å². The molecule has 1 aliphatic heterocycles. The van der Waals surface area contributed by atoms with E-state index in [9.17, 15) is 0 Å². The molecule has 3 atom stereocenters. The van der Waals surface area contributed by atoms with Crippen molar-refractivity contribution >= 4 is 0 Å². The molecule has 1 radical (unpaired) electrons. The zero-order chi connectivity index (χ0) is 8.27. The second kappa shape index (κ2) is 3.37. The molecule has 0 aliphatic carbocycles. The Kier molecular flexibility index (Phi) is 2.46. The third-order valence-electron chi connectivity index (χ3n) is 1.69. The lowest BCUT2D eigenvalue weighted by Gasteiger charge is -2.04. The predicted octanol–water partition coefficient (Wildman–Crippen LogP) is 1.04. The maximum absolute atomic E-state index is 8.62. The van der Waals surface area contributed by atoms with Gasteiger partial charge in [0.25, 0.3) is 0 Å². The van der Waals surface area contributed by atoms with Crippen molar-refractivity contribution in [3.05, 3.63) is 17.8 Å². The monoisotopic (exact) mass is 149 g/mol. The van der Waals surface area contributed by atoms with Gasteiger partial charge in [0.15, 0.2) is 0 Å². The van der Waals surface area contributed by atoms with Gasteiger partial charge in [0, 0.05) is 6.42 Å². The lowest BCUT2D eigenvalue weighted by atomic mass is 10.0. The number of hydrogen-bond acceptors (Lipinski definition) is 2. The average molecular weight is 149 g/mol. The molecule has 0 spiro atoms. The quantitative estimate of drug-likeness (QED) is 0.522. The van der Waals surface area contributed by atoms with E-state index in [1.807, 2.05) is 13.3 Å². The Hall–Kier alpha value is -1.06. The molecule has 0 bridgehead atoms. The first kappa shape index (κ1) is 8.04. The van der Waals surface area contributed by atoms with Crippen LogP contribution in [0.1, 0.15) is 6.92 Å². The zero-order valence-corrected chi connectivity index (χ0v) is 6.32. The van der Waals surface area contributed by atoms with E-state index in [1.54, 1.807) is 0 Å². The molecule has 3 nitrogen and oxygen atoms in total. The minimum Gasteiger partial charge on any atom is -0.366 e. The first-order valence-electron chi connectivity index (χ1n) is 3.51. The lowest BCUT2D eigenvalue weighted by Crippen LogP contribution is -2.17. The highest BCUT2D eigenvalue weighted by atomic mass is 16.5. The minimum atomic E-state index is -0.201. The minimum absolute atomic E-state index is 0.0198. The van der Waals surface area contributed by atoms with Gasteiger partial charge in [-0.15, -0.1) is 0 Å². The summed E-state index contributed by atoms with van der Waals surface area (Å²) in [6.45, 7) is 8.79. The first-order chi connectivity index (χ1) is 5.27. The van der Waals surface area contributed by atoms with Crippen LogP contribution in [-0.4, -0.2) is 18.8 Å². The van der Waals surface area contributed by atoms with Crippen molar-refractivity contribution in [2.75, 3.05) is 6.54 Å². The second-order valence-electron chi connectivity index (χ2n) is 2.57. The Morgan fingerprint density at radius 3 is 3.09 bits per heavy atom. The molecular weight excluding hydrogens is 140 g/mol. The molecule has 3 heteroatoms. The molecule has 1 aliphatic rings. The summed E-state index contributed by atoms with van der Waals surface area (Å²) < 4.78 is 5.31. The second-order valence-corrected chi connectivity index (χ2v) is 2.57. The van der Waals surface area contributed by atoms with Gasteiger partial charge in [-0.05, 0) is 6.92 Å². The molecule has 0 aromatic carbocycles. The molecule has 11 heavy (non-hydrogen) atoms. The van der Waals surface area contributed by atoms with Crippen LogP contribution in [0.4, 0.5) is 0 Å². The number of ether oxygens (including phenoxy) is 1. The van der Waals surface area contributed by atoms with E-state index in [-0.39, 0.29) is 18.1 Å². The van der Waals surface area contributed by atoms with Crippen LogP contribution in [-0.2, 0) is 4.74 Å². The van der Waals surface area contributed by atoms with Crippen LogP contribution in [0.25, 0.3) is 4.85 Å². The summed E-state index contributed by atoms with van der Waals surface area (Å²) in [5.41, 5.74) is 0. The Bertz CT molecular complexity index is 213. The van der Waals surface area contributed by atoms with Crippen LogP contribution in [0.3, 0.4) is 0 Å². The van der Waals surface area contributed by atoms with Crippen molar-refractivity contribution in [2.45, 2.75) is 19.1 Å². The molecule has 1 fully saturated rings. The van der Waals surface area contributed by atoms with Crippen molar-refractivity contribution in [3.63, 3.8) is 0 Å². The molecule has 0 amide bonds. The highest BCUT2D eigenvalue weighted by Gasteiger charge is 2.35. The van der Waals surface area contributed by atoms with Gasteiger partial charge in [0.1, 0.15) is 6.10 Å². The van der Waals surface area contributed by atoms with E-state index in [4.69, 9.17) is 16.6 Å². The summed E-state index contributed by atoms with van der Waals surface area (Å²) in [5.74, 6) is -0.195. The van der Waals surface area contributed by atoms with Gasteiger partial charge in [-0.3, -0.25) is 0 Å². The van der Waals surface area contributed by atoms with Gasteiger partial charge in [0.05, 0.1) is 18.1 Å². The summed E-state index contributed by atoms with van der Waals surface area (Å²) in [5, 5.41) is 8.62.